The number of carbonyl (C=O) groups excluding carboxylic acids is 1. The number of amides is 1. The molecule has 2 aromatic heterocycles. The summed E-state index contributed by atoms with van der Waals surface area (Å²) in [5.41, 5.74) is 0.943. The second-order valence-corrected chi connectivity index (χ2v) is 4.76. The molecule has 102 valence electrons. The lowest BCUT2D eigenvalue weighted by Crippen LogP contribution is -2.30. The maximum atomic E-state index is 11.5. The molecule has 0 saturated heterocycles. The van der Waals surface area contributed by atoms with E-state index in [1.165, 1.54) is 0 Å². The van der Waals surface area contributed by atoms with Crippen LogP contribution in [0.3, 0.4) is 0 Å². The topological polar surface area (TPSA) is 80.0 Å². The third-order valence-corrected chi connectivity index (χ3v) is 3.19. The predicted molar refractivity (Wildman–Crippen MR) is 72.9 cm³/mol. The van der Waals surface area contributed by atoms with Crippen molar-refractivity contribution in [3.05, 3.63) is 22.7 Å². The van der Waals surface area contributed by atoms with E-state index < -0.39 is 0 Å². The summed E-state index contributed by atoms with van der Waals surface area (Å²) in [6.07, 6.45) is 0.817. The molecule has 6 nitrogen and oxygen atoms in total. The number of nitrogens with zero attached hydrogens (tertiary/aromatic N) is 2. The summed E-state index contributed by atoms with van der Waals surface area (Å²) in [5, 5.41) is 13.6. The van der Waals surface area contributed by atoms with Crippen LogP contribution in [0.2, 0.25) is 0 Å². The lowest BCUT2D eigenvalue weighted by Gasteiger charge is -2.02. The first-order chi connectivity index (χ1) is 9.29. The summed E-state index contributed by atoms with van der Waals surface area (Å²) >= 11 is 1.58. The predicted octanol–water partition coefficient (Wildman–Crippen LogP) is 1.07. The highest BCUT2D eigenvalue weighted by molar-refractivity contribution is 7.08. The first kappa shape index (κ1) is 13.7. The second-order valence-electron chi connectivity index (χ2n) is 3.98. The number of hydrogen-bond acceptors (Lipinski definition) is 6. The zero-order chi connectivity index (χ0) is 13.5. The van der Waals surface area contributed by atoms with Crippen molar-refractivity contribution < 1.29 is 9.32 Å². The Hall–Kier alpha value is -1.73. The van der Waals surface area contributed by atoms with Crippen LogP contribution in [0.15, 0.2) is 21.3 Å². The van der Waals surface area contributed by atoms with Gasteiger partial charge in [0.05, 0.1) is 0 Å². The molecule has 0 saturated carbocycles. The van der Waals surface area contributed by atoms with Crippen molar-refractivity contribution in [1.29, 1.82) is 0 Å². The van der Waals surface area contributed by atoms with E-state index in [1.807, 2.05) is 23.9 Å². The summed E-state index contributed by atoms with van der Waals surface area (Å²) in [5.74, 6) is 1.06. The van der Waals surface area contributed by atoms with Crippen molar-refractivity contribution in [1.82, 2.24) is 20.8 Å². The van der Waals surface area contributed by atoms with Crippen molar-refractivity contribution >= 4 is 17.2 Å². The maximum absolute atomic E-state index is 11.5. The first-order valence-electron chi connectivity index (χ1n) is 6.06. The van der Waals surface area contributed by atoms with Crippen molar-refractivity contribution in [2.24, 2.45) is 0 Å². The van der Waals surface area contributed by atoms with Crippen LogP contribution < -0.4 is 10.6 Å². The number of hydrogen-bond donors (Lipinski definition) is 2. The molecule has 2 aromatic rings. The molecule has 0 atom stereocenters. The molecule has 0 spiro atoms. The molecule has 0 aliphatic heterocycles. The number of likely N-dealkylation sites (N-methyl/N-ethyl adjacent to an activating group) is 1. The summed E-state index contributed by atoms with van der Waals surface area (Å²) in [6.45, 7) is 1.38. The molecule has 2 heterocycles. The van der Waals surface area contributed by atoms with Gasteiger partial charge in [0.25, 0.3) is 0 Å². The zero-order valence-corrected chi connectivity index (χ0v) is 11.5. The number of nitrogens with one attached hydrogen (secondary N) is 2. The molecule has 7 heteroatoms. The minimum absolute atomic E-state index is 0.00877. The number of rotatable bonds is 7. The molecule has 2 rings (SSSR count). The molecule has 0 radical (unpaired) electrons. The van der Waals surface area contributed by atoms with E-state index in [9.17, 15) is 4.79 Å². The molecule has 0 fully saturated rings. The number of thiophene rings is 1. The fourth-order valence-electron chi connectivity index (χ4n) is 1.50. The third-order valence-electron chi connectivity index (χ3n) is 2.51. The first-order valence-corrected chi connectivity index (χ1v) is 7.00. The summed E-state index contributed by atoms with van der Waals surface area (Å²) < 4.78 is 5.12. The average Bonchev–Trinajstić information content (AvgIpc) is 3.07. The molecule has 0 aromatic carbocycles. The van der Waals surface area contributed by atoms with Crippen molar-refractivity contribution in [2.45, 2.75) is 12.8 Å². The van der Waals surface area contributed by atoms with E-state index in [1.54, 1.807) is 11.3 Å². The number of aromatic nitrogens is 2. The van der Waals surface area contributed by atoms with Crippen LogP contribution in [-0.2, 0) is 11.2 Å². The largest absolute Gasteiger partial charge is 0.355 e. The Bertz CT molecular complexity index is 510. The fraction of sp³-hybridized carbons (Fsp3) is 0.417. The van der Waals surface area contributed by atoms with Crippen LogP contribution in [0.4, 0.5) is 0 Å². The van der Waals surface area contributed by atoms with Crippen LogP contribution in [0, 0.1) is 0 Å². The van der Waals surface area contributed by atoms with Gasteiger partial charge >= 0.3 is 0 Å². The smallest absolute Gasteiger partial charge is 0.227 e. The van der Waals surface area contributed by atoms with E-state index in [2.05, 4.69) is 20.8 Å². The molecule has 0 aliphatic rings. The Morgan fingerprint density at radius 2 is 2.37 bits per heavy atom. The highest BCUT2D eigenvalue weighted by Gasteiger charge is 2.10. The molecule has 0 bridgehead atoms. The van der Waals surface area contributed by atoms with Crippen molar-refractivity contribution in [2.75, 3.05) is 20.1 Å². The molecule has 2 N–H and O–H groups in total. The van der Waals surface area contributed by atoms with E-state index in [4.69, 9.17) is 4.52 Å². The Labute approximate surface area is 115 Å². The van der Waals surface area contributed by atoms with E-state index in [0.717, 1.165) is 12.1 Å². The van der Waals surface area contributed by atoms with Gasteiger partial charge in [0.15, 0.2) is 0 Å². The minimum Gasteiger partial charge on any atom is -0.355 e. The molecular formula is C12H16N4O2S. The Morgan fingerprint density at radius 3 is 3.11 bits per heavy atom. The Kier molecular flexibility index (Phi) is 5.05. The van der Waals surface area contributed by atoms with Gasteiger partial charge in [0, 0.05) is 36.9 Å². The summed E-state index contributed by atoms with van der Waals surface area (Å²) in [7, 11) is 1.84. The van der Waals surface area contributed by atoms with Gasteiger partial charge in [-0.3, -0.25) is 4.79 Å². The van der Waals surface area contributed by atoms with Crippen LogP contribution in [-0.4, -0.2) is 36.2 Å². The third kappa shape index (κ3) is 4.15. The van der Waals surface area contributed by atoms with Gasteiger partial charge < -0.3 is 15.2 Å². The highest BCUT2D eigenvalue weighted by atomic mass is 32.1. The van der Waals surface area contributed by atoms with Crippen LogP contribution in [0.1, 0.15) is 12.3 Å². The summed E-state index contributed by atoms with van der Waals surface area (Å²) in [6, 6.07) is 1.93. The average molecular weight is 280 g/mol. The van der Waals surface area contributed by atoms with Crippen molar-refractivity contribution in [3.8, 4) is 11.4 Å². The maximum Gasteiger partial charge on any atom is 0.227 e. The lowest BCUT2D eigenvalue weighted by molar-refractivity contribution is -0.121. The van der Waals surface area contributed by atoms with Gasteiger partial charge in [-0.1, -0.05) is 5.16 Å². The molecule has 1 amide bonds. The number of carbonyl (C=O) groups is 1. The van der Waals surface area contributed by atoms with Crippen LogP contribution >= 0.6 is 11.3 Å². The molecular weight excluding hydrogens is 264 g/mol. The SMILES string of the molecule is CNCCNC(=O)CCc1nc(-c2ccsc2)no1. The quantitative estimate of drug-likeness (QED) is 0.741. The highest BCUT2D eigenvalue weighted by Crippen LogP contribution is 2.18. The van der Waals surface area contributed by atoms with E-state index >= 15 is 0 Å². The minimum atomic E-state index is -0.00877. The van der Waals surface area contributed by atoms with Gasteiger partial charge in [-0.15, -0.1) is 0 Å². The Balaban J connectivity index is 1.79. The monoisotopic (exact) mass is 280 g/mol. The van der Waals surface area contributed by atoms with E-state index in [0.29, 0.717) is 31.1 Å². The lowest BCUT2D eigenvalue weighted by atomic mass is 10.3. The van der Waals surface area contributed by atoms with Gasteiger partial charge in [0.1, 0.15) is 0 Å². The molecule has 0 aliphatic carbocycles. The van der Waals surface area contributed by atoms with Crippen LogP contribution in [0.5, 0.6) is 0 Å². The Morgan fingerprint density at radius 1 is 1.47 bits per heavy atom. The molecule has 19 heavy (non-hydrogen) atoms. The van der Waals surface area contributed by atoms with Gasteiger partial charge in [-0.05, 0) is 18.5 Å². The zero-order valence-electron chi connectivity index (χ0n) is 10.7. The number of aryl methyl sites for hydroxylation is 1. The van der Waals surface area contributed by atoms with E-state index in [-0.39, 0.29) is 5.91 Å². The van der Waals surface area contributed by atoms with Crippen molar-refractivity contribution in [3.63, 3.8) is 0 Å². The summed E-state index contributed by atoms with van der Waals surface area (Å²) in [4.78, 5) is 15.8. The van der Waals surface area contributed by atoms with Gasteiger partial charge in [-0.2, -0.15) is 16.3 Å². The second kappa shape index (κ2) is 7.01. The standard InChI is InChI=1S/C12H16N4O2S/c1-13-5-6-14-10(17)2-3-11-15-12(16-18-11)9-4-7-19-8-9/h4,7-8,13H,2-3,5-6H2,1H3,(H,14,17). The molecule has 0 unspecified atom stereocenters. The van der Waals surface area contributed by atoms with Crippen LogP contribution in [0.25, 0.3) is 11.4 Å². The van der Waals surface area contributed by atoms with Gasteiger partial charge in [-0.25, -0.2) is 0 Å². The fourth-order valence-corrected chi connectivity index (χ4v) is 2.14. The normalized spacial score (nSPS) is 10.6. The van der Waals surface area contributed by atoms with Gasteiger partial charge in [0.2, 0.25) is 17.6 Å².